The summed E-state index contributed by atoms with van der Waals surface area (Å²) in [6, 6.07) is 9.30. The van der Waals surface area contributed by atoms with E-state index in [4.69, 9.17) is 15.2 Å². The van der Waals surface area contributed by atoms with Gasteiger partial charge >= 0.3 is 0 Å². The lowest BCUT2D eigenvalue weighted by Gasteiger charge is -2.08. The highest BCUT2D eigenvalue weighted by Crippen LogP contribution is 2.26. The number of anilines is 1. The second kappa shape index (κ2) is 4.85. The molecule has 0 amide bonds. The Morgan fingerprint density at radius 2 is 2.06 bits per heavy atom. The normalized spacial score (nSPS) is 10.1. The van der Waals surface area contributed by atoms with Crippen molar-refractivity contribution in [3.63, 3.8) is 0 Å². The molecule has 0 bridgehead atoms. The Morgan fingerprint density at radius 3 is 2.69 bits per heavy atom. The van der Waals surface area contributed by atoms with Crippen molar-refractivity contribution in [2.45, 2.75) is 6.61 Å². The minimum absolute atomic E-state index is 0.397. The molecule has 0 unspecified atom stereocenters. The topological polar surface area (TPSA) is 57.4 Å². The van der Waals surface area contributed by atoms with E-state index in [9.17, 15) is 0 Å². The van der Waals surface area contributed by atoms with Crippen molar-refractivity contribution in [1.82, 2.24) is 4.37 Å². The van der Waals surface area contributed by atoms with Crippen LogP contribution in [0.1, 0.15) is 5.69 Å². The Bertz CT molecular complexity index is 471. The average Bonchev–Trinajstić information content (AvgIpc) is 2.73. The van der Waals surface area contributed by atoms with Crippen LogP contribution in [0.15, 0.2) is 30.3 Å². The fourth-order valence-corrected chi connectivity index (χ4v) is 1.80. The fraction of sp³-hybridized carbons (Fsp3) is 0.182. The zero-order valence-electron chi connectivity index (χ0n) is 8.84. The van der Waals surface area contributed by atoms with Crippen LogP contribution >= 0.6 is 11.5 Å². The van der Waals surface area contributed by atoms with Gasteiger partial charge in [-0.1, -0.05) is 12.1 Å². The number of methoxy groups -OCH3 is 1. The Kier molecular flexibility index (Phi) is 3.26. The molecule has 0 radical (unpaired) electrons. The van der Waals surface area contributed by atoms with Gasteiger partial charge in [0, 0.05) is 0 Å². The number of nitrogens with two attached hydrogens (primary N) is 1. The van der Waals surface area contributed by atoms with Gasteiger partial charge in [0.15, 0.2) is 11.5 Å². The second-order valence-electron chi connectivity index (χ2n) is 3.16. The van der Waals surface area contributed by atoms with Gasteiger partial charge in [-0.2, -0.15) is 4.37 Å². The summed E-state index contributed by atoms with van der Waals surface area (Å²) in [5, 5.41) is 0.693. The molecule has 0 fully saturated rings. The maximum Gasteiger partial charge on any atom is 0.161 e. The molecule has 1 heterocycles. The quantitative estimate of drug-likeness (QED) is 0.885. The summed E-state index contributed by atoms with van der Waals surface area (Å²) in [7, 11) is 1.61. The van der Waals surface area contributed by atoms with E-state index in [1.54, 1.807) is 13.2 Å². The lowest BCUT2D eigenvalue weighted by atomic mass is 10.3. The van der Waals surface area contributed by atoms with E-state index in [2.05, 4.69) is 4.37 Å². The zero-order chi connectivity index (χ0) is 11.4. The molecule has 0 aliphatic carbocycles. The molecule has 0 aliphatic heterocycles. The largest absolute Gasteiger partial charge is 0.493 e. The van der Waals surface area contributed by atoms with Crippen LogP contribution in [-0.4, -0.2) is 11.5 Å². The van der Waals surface area contributed by atoms with E-state index >= 15 is 0 Å². The molecule has 0 aliphatic rings. The number of hydrogen-bond acceptors (Lipinski definition) is 5. The van der Waals surface area contributed by atoms with Crippen molar-refractivity contribution >= 4 is 16.5 Å². The van der Waals surface area contributed by atoms with Crippen molar-refractivity contribution in [3.05, 3.63) is 36.0 Å². The average molecular weight is 236 g/mol. The third kappa shape index (κ3) is 2.43. The number of rotatable bonds is 4. The van der Waals surface area contributed by atoms with Crippen LogP contribution in [0.3, 0.4) is 0 Å². The van der Waals surface area contributed by atoms with E-state index in [1.165, 1.54) is 11.5 Å². The van der Waals surface area contributed by atoms with Crippen LogP contribution in [-0.2, 0) is 6.61 Å². The molecule has 0 saturated heterocycles. The molecule has 1 aromatic carbocycles. The van der Waals surface area contributed by atoms with Crippen LogP contribution in [0.4, 0.5) is 5.00 Å². The van der Waals surface area contributed by atoms with Crippen LogP contribution in [0.25, 0.3) is 0 Å². The van der Waals surface area contributed by atoms with Crippen LogP contribution in [0.5, 0.6) is 11.5 Å². The maximum absolute atomic E-state index is 5.59. The van der Waals surface area contributed by atoms with Crippen molar-refractivity contribution < 1.29 is 9.47 Å². The van der Waals surface area contributed by atoms with Crippen LogP contribution < -0.4 is 15.2 Å². The molecule has 16 heavy (non-hydrogen) atoms. The van der Waals surface area contributed by atoms with Gasteiger partial charge in [-0.25, -0.2) is 0 Å². The molecule has 2 rings (SSSR count). The number of nitrogen functional groups attached to an aromatic ring is 1. The van der Waals surface area contributed by atoms with E-state index in [-0.39, 0.29) is 0 Å². The predicted molar refractivity (Wildman–Crippen MR) is 63.9 cm³/mol. The molecule has 2 N–H and O–H groups in total. The van der Waals surface area contributed by atoms with Gasteiger partial charge in [0.2, 0.25) is 0 Å². The third-order valence-electron chi connectivity index (χ3n) is 2.02. The smallest absolute Gasteiger partial charge is 0.161 e. The first-order valence-corrected chi connectivity index (χ1v) is 5.54. The molecule has 4 nitrogen and oxygen atoms in total. The third-order valence-corrected chi connectivity index (χ3v) is 2.68. The number of benzene rings is 1. The summed E-state index contributed by atoms with van der Waals surface area (Å²) in [6.07, 6.45) is 0. The van der Waals surface area contributed by atoms with E-state index in [0.717, 1.165) is 5.69 Å². The second-order valence-corrected chi connectivity index (χ2v) is 4.00. The first kappa shape index (κ1) is 10.8. The van der Waals surface area contributed by atoms with Crippen molar-refractivity contribution in [3.8, 4) is 11.5 Å². The summed E-state index contributed by atoms with van der Waals surface area (Å²) in [5.41, 5.74) is 6.41. The first-order chi connectivity index (χ1) is 7.79. The number of nitrogens with zero attached hydrogens (tertiary/aromatic N) is 1. The van der Waals surface area contributed by atoms with Crippen molar-refractivity contribution in [2.24, 2.45) is 0 Å². The summed E-state index contributed by atoms with van der Waals surface area (Å²) in [5.74, 6) is 1.42. The Balaban J connectivity index is 2.04. The molecule has 0 atom stereocenters. The lowest BCUT2D eigenvalue weighted by molar-refractivity contribution is 0.282. The standard InChI is InChI=1S/C11H12N2O2S/c1-14-9-4-2-3-5-10(9)15-7-8-6-11(12)16-13-8/h2-6H,7,12H2,1H3. The highest BCUT2D eigenvalue weighted by atomic mass is 32.1. The Labute approximate surface area is 97.8 Å². The van der Waals surface area contributed by atoms with E-state index in [1.807, 2.05) is 24.3 Å². The number of para-hydroxylation sites is 2. The number of ether oxygens (including phenoxy) is 2. The molecule has 1 aromatic heterocycles. The Morgan fingerprint density at radius 1 is 1.31 bits per heavy atom. The lowest BCUT2D eigenvalue weighted by Crippen LogP contribution is -1.97. The van der Waals surface area contributed by atoms with Gasteiger partial charge in [0.25, 0.3) is 0 Å². The van der Waals surface area contributed by atoms with Crippen molar-refractivity contribution in [2.75, 3.05) is 12.8 Å². The van der Waals surface area contributed by atoms with Gasteiger partial charge in [-0.3, -0.25) is 0 Å². The highest BCUT2D eigenvalue weighted by molar-refractivity contribution is 7.09. The predicted octanol–water partition coefficient (Wildman–Crippen LogP) is 2.31. The molecule has 84 valence electrons. The maximum atomic E-state index is 5.59. The van der Waals surface area contributed by atoms with Gasteiger partial charge in [-0.05, 0) is 29.7 Å². The fourth-order valence-electron chi connectivity index (χ4n) is 1.29. The molecule has 0 spiro atoms. The zero-order valence-corrected chi connectivity index (χ0v) is 9.66. The molecule has 5 heteroatoms. The van der Waals surface area contributed by atoms with E-state index in [0.29, 0.717) is 23.1 Å². The monoisotopic (exact) mass is 236 g/mol. The first-order valence-electron chi connectivity index (χ1n) is 4.76. The molecular formula is C11H12N2O2S. The van der Waals surface area contributed by atoms with Gasteiger partial charge < -0.3 is 15.2 Å². The highest BCUT2D eigenvalue weighted by Gasteiger charge is 2.04. The molecule has 2 aromatic rings. The summed E-state index contributed by atoms with van der Waals surface area (Å²) < 4.78 is 14.9. The number of hydrogen-bond donors (Lipinski definition) is 1. The molecular weight excluding hydrogens is 224 g/mol. The van der Waals surface area contributed by atoms with E-state index < -0.39 is 0 Å². The van der Waals surface area contributed by atoms with Gasteiger partial charge in [-0.15, -0.1) is 0 Å². The summed E-state index contributed by atoms with van der Waals surface area (Å²) >= 11 is 1.27. The number of aromatic nitrogens is 1. The minimum Gasteiger partial charge on any atom is -0.493 e. The minimum atomic E-state index is 0.397. The SMILES string of the molecule is COc1ccccc1OCc1cc(N)sn1. The Hall–Kier alpha value is -1.75. The van der Waals surface area contributed by atoms with Crippen LogP contribution in [0, 0.1) is 0 Å². The summed E-state index contributed by atoms with van der Waals surface area (Å²) in [6.45, 7) is 0.397. The van der Waals surface area contributed by atoms with Gasteiger partial charge in [0.05, 0.1) is 12.8 Å². The van der Waals surface area contributed by atoms with Crippen molar-refractivity contribution in [1.29, 1.82) is 0 Å². The van der Waals surface area contributed by atoms with Crippen LogP contribution in [0.2, 0.25) is 0 Å². The van der Waals surface area contributed by atoms with Gasteiger partial charge in [0.1, 0.15) is 11.6 Å². The molecule has 0 saturated carbocycles. The summed E-state index contributed by atoms with van der Waals surface area (Å²) in [4.78, 5) is 0.